The van der Waals surface area contributed by atoms with Crippen molar-refractivity contribution in [3.63, 3.8) is 0 Å². The molecule has 0 bridgehead atoms. The molecule has 5 nitrogen and oxygen atoms in total. The Balaban J connectivity index is 2.57. The van der Waals surface area contributed by atoms with Crippen molar-refractivity contribution in [2.24, 2.45) is 0 Å². The molecule has 0 aliphatic rings. The van der Waals surface area contributed by atoms with Gasteiger partial charge in [-0.1, -0.05) is 15.9 Å². The molecule has 1 N–H and O–H groups in total. The molecule has 1 rings (SSSR count). The van der Waals surface area contributed by atoms with Crippen molar-refractivity contribution in [1.29, 1.82) is 5.26 Å². The van der Waals surface area contributed by atoms with Crippen LogP contribution in [-0.2, 0) is 14.3 Å². The second-order valence-electron chi connectivity index (χ2n) is 5.44. The molecule has 112 valence electrons. The zero-order valence-electron chi connectivity index (χ0n) is 12.2. The van der Waals surface area contributed by atoms with Gasteiger partial charge < -0.3 is 10.1 Å². The standard InChI is InChI=1S/C15H17BrN2O3/c1-15(2,3)21-14(20)7-6-13(19)18-12-8-11(16)5-4-10(12)9-17/h4-5,8H,6-7H2,1-3H3,(H,18,19). The summed E-state index contributed by atoms with van der Waals surface area (Å²) < 4.78 is 5.88. The van der Waals surface area contributed by atoms with Crippen LogP contribution in [-0.4, -0.2) is 17.5 Å². The maximum absolute atomic E-state index is 11.8. The predicted molar refractivity (Wildman–Crippen MR) is 82.6 cm³/mol. The molecule has 0 unspecified atom stereocenters. The molecule has 0 spiro atoms. The number of nitrogens with zero attached hydrogens (tertiary/aromatic N) is 1. The van der Waals surface area contributed by atoms with Crippen LogP contribution in [0, 0.1) is 11.3 Å². The fourth-order valence-corrected chi connectivity index (χ4v) is 1.90. The summed E-state index contributed by atoms with van der Waals surface area (Å²) in [5.74, 6) is -0.761. The van der Waals surface area contributed by atoms with Crippen LogP contribution in [0.2, 0.25) is 0 Å². The Bertz CT molecular complexity index is 586. The first-order valence-electron chi connectivity index (χ1n) is 6.42. The van der Waals surface area contributed by atoms with E-state index in [0.29, 0.717) is 11.3 Å². The second kappa shape index (κ2) is 7.23. The Morgan fingerprint density at radius 3 is 2.57 bits per heavy atom. The summed E-state index contributed by atoms with van der Waals surface area (Å²) in [5.41, 5.74) is 0.219. The van der Waals surface area contributed by atoms with Crippen LogP contribution in [0.3, 0.4) is 0 Å². The van der Waals surface area contributed by atoms with E-state index in [-0.39, 0.29) is 18.7 Å². The van der Waals surface area contributed by atoms with E-state index in [1.54, 1.807) is 39.0 Å². The van der Waals surface area contributed by atoms with Crippen molar-refractivity contribution in [2.45, 2.75) is 39.2 Å². The molecule has 0 radical (unpaired) electrons. The molecule has 0 saturated carbocycles. The van der Waals surface area contributed by atoms with Crippen LogP contribution in [0.25, 0.3) is 0 Å². The number of amides is 1. The lowest BCUT2D eigenvalue weighted by molar-refractivity contribution is -0.155. The van der Waals surface area contributed by atoms with Crippen molar-refractivity contribution in [1.82, 2.24) is 0 Å². The normalized spacial score (nSPS) is 10.6. The monoisotopic (exact) mass is 352 g/mol. The van der Waals surface area contributed by atoms with Crippen LogP contribution in [0.15, 0.2) is 22.7 Å². The number of halogens is 1. The number of anilines is 1. The molecule has 1 aromatic carbocycles. The third kappa shape index (κ3) is 6.41. The van der Waals surface area contributed by atoms with E-state index in [2.05, 4.69) is 21.2 Å². The molecule has 1 amide bonds. The lowest BCUT2D eigenvalue weighted by Gasteiger charge is -2.19. The first-order valence-corrected chi connectivity index (χ1v) is 7.22. The van der Waals surface area contributed by atoms with Crippen LogP contribution >= 0.6 is 15.9 Å². The molecular formula is C15H17BrN2O3. The fourth-order valence-electron chi connectivity index (χ4n) is 1.54. The summed E-state index contributed by atoms with van der Waals surface area (Å²) in [6.07, 6.45) is 0.00525. The highest BCUT2D eigenvalue weighted by molar-refractivity contribution is 9.10. The minimum absolute atomic E-state index is 0.000999. The summed E-state index contributed by atoms with van der Waals surface area (Å²) in [5, 5.41) is 11.6. The number of ether oxygens (including phenoxy) is 1. The SMILES string of the molecule is CC(C)(C)OC(=O)CCC(=O)Nc1cc(Br)ccc1C#N. The minimum Gasteiger partial charge on any atom is -0.460 e. The van der Waals surface area contributed by atoms with Crippen LogP contribution in [0.5, 0.6) is 0 Å². The third-order valence-electron chi connectivity index (χ3n) is 2.35. The quantitative estimate of drug-likeness (QED) is 0.842. The predicted octanol–water partition coefficient (Wildman–Crippen LogP) is 3.38. The number of carbonyl (C=O) groups excluding carboxylic acids is 2. The van der Waals surface area contributed by atoms with Gasteiger partial charge in [-0.05, 0) is 39.0 Å². The number of nitriles is 1. The molecule has 6 heteroatoms. The maximum Gasteiger partial charge on any atom is 0.306 e. The van der Waals surface area contributed by atoms with Crippen molar-refractivity contribution >= 4 is 33.5 Å². The summed E-state index contributed by atoms with van der Waals surface area (Å²) in [6, 6.07) is 6.96. The summed E-state index contributed by atoms with van der Waals surface area (Å²) >= 11 is 3.28. The van der Waals surface area contributed by atoms with Gasteiger partial charge in [0.15, 0.2) is 0 Å². The molecule has 0 atom stereocenters. The summed E-state index contributed by atoms with van der Waals surface area (Å²) in [7, 11) is 0. The van der Waals surface area contributed by atoms with E-state index in [4.69, 9.17) is 10.00 Å². The lowest BCUT2D eigenvalue weighted by atomic mass is 10.2. The molecule has 0 fully saturated rings. The third-order valence-corrected chi connectivity index (χ3v) is 2.85. The number of hydrogen-bond donors (Lipinski definition) is 1. The largest absolute Gasteiger partial charge is 0.460 e. The van der Waals surface area contributed by atoms with Crippen LogP contribution in [0.4, 0.5) is 5.69 Å². The smallest absolute Gasteiger partial charge is 0.306 e. The van der Waals surface area contributed by atoms with Crippen molar-refractivity contribution < 1.29 is 14.3 Å². The number of rotatable bonds is 4. The van der Waals surface area contributed by atoms with Crippen molar-refractivity contribution in [3.8, 4) is 6.07 Å². The molecule has 0 aromatic heterocycles. The van der Waals surface area contributed by atoms with E-state index >= 15 is 0 Å². The van der Waals surface area contributed by atoms with Gasteiger partial charge in [0.2, 0.25) is 5.91 Å². The first kappa shape index (κ1) is 17.2. The Hall–Kier alpha value is -1.87. The summed E-state index contributed by atoms with van der Waals surface area (Å²) in [6.45, 7) is 5.31. The van der Waals surface area contributed by atoms with Gasteiger partial charge in [-0.25, -0.2) is 0 Å². The number of hydrogen-bond acceptors (Lipinski definition) is 4. The fraction of sp³-hybridized carbons (Fsp3) is 0.400. The number of nitrogens with one attached hydrogen (secondary N) is 1. The van der Waals surface area contributed by atoms with Crippen LogP contribution in [0.1, 0.15) is 39.2 Å². The second-order valence-corrected chi connectivity index (χ2v) is 6.35. The molecule has 0 saturated heterocycles. The van der Waals surface area contributed by atoms with Gasteiger partial charge >= 0.3 is 5.97 Å². The Kier molecular flexibility index (Phi) is 5.91. The van der Waals surface area contributed by atoms with Gasteiger partial charge in [-0.2, -0.15) is 5.26 Å². The highest BCUT2D eigenvalue weighted by Gasteiger charge is 2.17. The van der Waals surface area contributed by atoms with Crippen LogP contribution < -0.4 is 5.32 Å². The Morgan fingerprint density at radius 1 is 1.33 bits per heavy atom. The maximum atomic E-state index is 11.8. The highest BCUT2D eigenvalue weighted by Crippen LogP contribution is 2.21. The van der Waals surface area contributed by atoms with Gasteiger partial charge in [-0.3, -0.25) is 9.59 Å². The number of esters is 1. The topological polar surface area (TPSA) is 79.2 Å². The lowest BCUT2D eigenvalue weighted by Crippen LogP contribution is -2.24. The van der Waals surface area contributed by atoms with Gasteiger partial charge in [0.1, 0.15) is 11.7 Å². The minimum atomic E-state index is -0.564. The van der Waals surface area contributed by atoms with Gasteiger partial charge in [0.05, 0.1) is 17.7 Å². The van der Waals surface area contributed by atoms with Gasteiger partial charge in [0.25, 0.3) is 0 Å². The zero-order valence-corrected chi connectivity index (χ0v) is 13.8. The Labute approximate surface area is 132 Å². The zero-order chi connectivity index (χ0) is 16.0. The Morgan fingerprint density at radius 2 is 2.00 bits per heavy atom. The molecule has 0 heterocycles. The molecule has 0 aliphatic heterocycles. The van der Waals surface area contributed by atoms with E-state index < -0.39 is 11.6 Å². The average Bonchev–Trinajstić information content (AvgIpc) is 2.35. The molecule has 21 heavy (non-hydrogen) atoms. The van der Waals surface area contributed by atoms with Crippen molar-refractivity contribution in [3.05, 3.63) is 28.2 Å². The molecular weight excluding hydrogens is 336 g/mol. The highest BCUT2D eigenvalue weighted by atomic mass is 79.9. The van der Waals surface area contributed by atoms with Gasteiger partial charge in [-0.15, -0.1) is 0 Å². The summed E-state index contributed by atoms with van der Waals surface area (Å²) in [4.78, 5) is 23.3. The molecule has 0 aliphatic carbocycles. The first-order chi connectivity index (χ1) is 9.71. The van der Waals surface area contributed by atoms with E-state index in [1.807, 2.05) is 6.07 Å². The van der Waals surface area contributed by atoms with E-state index in [1.165, 1.54) is 0 Å². The number of benzene rings is 1. The van der Waals surface area contributed by atoms with E-state index in [0.717, 1.165) is 4.47 Å². The van der Waals surface area contributed by atoms with E-state index in [9.17, 15) is 9.59 Å². The average molecular weight is 353 g/mol. The van der Waals surface area contributed by atoms with Crippen molar-refractivity contribution in [2.75, 3.05) is 5.32 Å². The molecule has 1 aromatic rings. The number of carbonyl (C=O) groups is 2. The van der Waals surface area contributed by atoms with Gasteiger partial charge in [0, 0.05) is 10.9 Å².